The van der Waals surface area contributed by atoms with Crippen molar-refractivity contribution >= 4 is 11.7 Å². The summed E-state index contributed by atoms with van der Waals surface area (Å²) in [5, 5.41) is 11.0. The maximum Gasteiger partial charge on any atom is 0.338 e. The van der Waals surface area contributed by atoms with Crippen molar-refractivity contribution in [1.29, 1.82) is 0 Å². The molecule has 2 aromatic carbocycles. The molecule has 8 nitrogen and oxygen atoms in total. The number of methoxy groups -OCH3 is 1. The lowest BCUT2D eigenvalue weighted by Crippen LogP contribution is -2.12. The van der Waals surface area contributed by atoms with Crippen LogP contribution in [0.15, 0.2) is 42.5 Å². The van der Waals surface area contributed by atoms with Crippen molar-refractivity contribution in [3.63, 3.8) is 0 Å². The normalized spacial score (nSPS) is 10.1. The standard InChI is InChI=1S/C19H21NO7/c1-3-10-25-15-5-7-16(8-6-15)26-11-12-27-19(21)14-4-9-18(24-2)17(13-14)20(22)23/h4-9,13H,3,10-12H2,1-2H3. The van der Waals surface area contributed by atoms with Gasteiger partial charge in [0.2, 0.25) is 0 Å². The fourth-order valence-electron chi connectivity index (χ4n) is 2.19. The molecule has 0 amide bonds. The first-order valence-corrected chi connectivity index (χ1v) is 8.40. The molecule has 0 saturated heterocycles. The number of esters is 1. The number of hydrogen-bond donors (Lipinski definition) is 0. The van der Waals surface area contributed by atoms with Gasteiger partial charge in [0.1, 0.15) is 24.7 Å². The topological polar surface area (TPSA) is 97.1 Å². The Hall–Kier alpha value is -3.29. The van der Waals surface area contributed by atoms with Crippen molar-refractivity contribution in [2.75, 3.05) is 26.9 Å². The third-order valence-electron chi connectivity index (χ3n) is 3.49. The van der Waals surface area contributed by atoms with Crippen LogP contribution in [0.2, 0.25) is 0 Å². The van der Waals surface area contributed by atoms with Gasteiger partial charge in [0.05, 0.1) is 24.2 Å². The Morgan fingerprint density at radius 1 is 1.00 bits per heavy atom. The van der Waals surface area contributed by atoms with E-state index in [1.165, 1.54) is 19.2 Å². The predicted octanol–water partition coefficient (Wildman–Crippen LogP) is 3.63. The zero-order valence-corrected chi connectivity index (χ0v) is 15.2. The number of nitrogens with zero attached hydrogens (tertiary/aromatic N) is 1. The van der Waals surface area contributed by atoms with Gasteiger partial charge in [-0.3, -0.25) is 10.1 Å². The van der Waals surface area contributed by atoms with Gasteiger partial charge in [-0.1, -0.05) is 6.92 Å². The highest BCUT2D eigenvalue weighted by molar-refractivity contribution is 5.90. The zero-order valence-electron chi connectivity index (χ0n) is 15.2. The van der Waals surface area contributed by atoms with Crippen molar-refractivity contribution in [1.82, 2.24) is 0 Å². The summed E-state index contributed by atoms with van der Waals surface area (Å²) in [5.74, 6) is 0.783. The summed E-state index contributed by atoms with van der Waals surface area (Å²) >= 11 is 0. The monoisotopic (exact) mass is 375 g/mol. The van der Waals surface area contributed by atoms with E-state index in [1.807, 2.05) is 6.92 Å². The first-order chi connectivity index (χ1) is 13.0. The second kappa shape index (κ2) is 10.0. The number of hydrogen-bond acceptors (Lipinski definition) is 7. The van der Waals surface area contributed by atoms with Crippen molar-refractivity contribution in [3.05, 3.63) is 58.1 Å². The molecule has 0 N–H and O–H groups in total. The number of benzene rings is 2. The number of carbonyl (C=O) groups is 1. The van der Waals surface area contributed by atoms with Crippen LogP contribution in [0.25, 0.3) is 0 Å². The fourth-order valence-corrected chi connectivity index (χ4v) is 2.19. The number of rotatable bonds is 10. The summed E-state index contributed by atoms with van der Waals surface area (Å²) in [6.45, 7) is 2.84. The second-order valence-corrected chi connectivity index (χ2v) is 5.45. The van der Waals surface area contributed by atoms with Crippen LogP contribution < -0.4 is 14.2 Å². The second-order valence-electron chi connectivity index (χ2n) is 5.45. The van der Waals surface area contributed by atoms with Crippen LogP contribution in [-0.2, 0) is 4.74 Å². The molecule has 0 bridgehead atoms. The lowest BCUT2D eigenvalue weighted by atomic mass is 10.2. The molecule has 0 saturated carbocycles. The lowest BCUT2D eigenvalue weighted by molar-refractivity contribution is -0.385. The third-order valence-corrected chi connectivity index (χ3v) is 3.49. The van der Waals surface area contributed by atoms with Crippen molar-refractivity contribution in [3.8, 4) is 17.2 Å². The maximum absolute atomic E-state index is 12.0. The molecule has 0 aliphatic carbocycles. The SMILES string of the molecule is CCCOc1ccc(OCCOC(=O)c2ccc(OC)c([N+](=O)[O-])c2)cc1. The molecule has 0 atom stereocenters. The van der Waals surface area contributed by atoms with Gasteiger partial charge in [0.25, 0.3) is 0 Å². The Labute approximate surface area is 156 Å². The highest BCUT2D eigenvalue weighted by atomic mass is 16.6. The van der Waals surface area contributed by atoms with Crippen LogP contribution in [-0.4, -0.2) is 37.8 Å². The van der Waals surface area contributed by atoms with Gasteiger partial charge >= 0.3 is 11.7 Å². The molecule has 0 fully saturated rings. The lowest BCUT2D eigenvalue weighted by Gasteiger charge is -2.09. The Bertz CT molecular complexity index is 774. The Kier molecular flexibility index (Phi) is 7.42. The minimum absolute atomic E-state index is 0.00669. The van der Waals surface area contributed by atoms with E-state index in [0.717, 1.165) is 18.2 Å². The van der Waals surface area contributed by atoms with Crippen LogP contribution >= 0.6 is 0 Å². The summed E-state index contributed by atoms with van der Waals surface area (Å²) in [4.78, 5) is 22.4. The molecule has 0 aliphatic rings. The van der Waals surface area contributed by atoms with Crippen LogP contribution in [0, 0.1) is 10.1 Å². The smallest absolute Gasteiger partial charge is 0.338 e. The van der Waals surface area contributed by atoms with Gasteiger partial charge < -0.3 is 18.9 Å². The van der Waals surface area contributed by atoms with Gasteiger partial charge in [0, 0.05) is 6.07 Å². The Morgan fingerprint density at radius 2 is 1.63 bits per heavy atom. The minimum atomic E-state index is -0.673. The molecule has 0 spiro atoms. The van der Waals surface area contributed by atoms with E-state index in [9.17, 15) is 14.9 Å². The minimum Gasteiger partial charge on any atom is -0.494 e. The summed E-state index contributed by atoms with van der Waals surface area (Å²) in [6.07, 6.45) is 0.932. The summed E-state index contributed by atoms with van der Waals surface area (Å²) in [7, 11) is 1.32. The molecule has 0 aliphatic heterocycles. The van der Waals surface area contributed by atoms with Crippen molar-refractivity contribution in [2.24, 2.45) is 0 Å². The van der Waals surface area contributed by atoms with Gasteiger partial charge in [0.15, 0.2) is 5.75 Å². The number of ether oxygens (including phenoxy) is 4. The van der Waals surface area contributed by atoms with E-state index in [4.69, 9.17) is 18.9 Å². The molecule has 2 rings (SSSR count). The van der Waals surface area contributed by atoms with Gasteiger partial charge in [-0.2, -0.15) is 0 Å². The van der Waals surface area contributed by atoms with Crippen molar-refractivity contribution in [2.45, 2.75) is 13.3 Å². The summed E-state index contributed by atoms with van der Waals surface area (Å²) in [6, 6.07) is 11.0. The van der Waals surface area contributed by atoms with E-state index in [0.29, 0.717) is 12.4 Å². The third kappa shape index (κ3) is 5.88. The fraction of sp³-hybridized carbons (Fsp3) is 0.316. The predicted molar refractivity (Wildman–Crippen MR) is 97.7 cm³/mol. The number of nitro groups is 1. The summed E-state index contributed by atoms with van der Waals surface area (Å²) in [5.41, 5.74) is -0.228. The van der Waals surface area contributed by atoms with Gasteiger partial charge in [-0.05, 0) is 42.8 Å². The Morgan fingerprint density at radius 3 is 2.19 bits per heavy atom. The molecular weight excluding hydrogens is 354 g/mol. The maximum atomic E-state index is 12.0. The van der Waals surface area contributed by atoms with E-state index < -0.39 is 10.9 Å². The molecule has 0 aromatic heterocycles. The molecule has 2 aromatic rings. The van der Waals surface area contributed by atoms with Crippen LogP contribution in [0.3, 0.4) is 0 Å². The average molecular weight is 375 g/mol. The quantitative estimate of drug-likeness (QED) is 0.271. The van der Waals surface area contributed by atoms with Crippen molar-refractivity contribution < 1.29 is 28.7 Å². The van der Waals surface area contributed by atoms with E-state index >= 15 is 0 Å². The molecule has 8 heteroatoms. The first-order valence-electron chi connectivity index (χ1n) is 8.40. The van der Waals surface area contributed by atoms with Crippen LogP contribution in [0.1, 0.15) is 23.7 Å². The molecule has 0 radical (unpaired) electrons. The summed E-state index contributed by atoms with van der Waals surface area (Å²) < 4.78 is 20.9. The largest absolute Gasteiger partial charge is 0.494 e. The number of carbonyl (C=O) groups excluding carboxylic acids is 1. The highest BCUT2D eigenvalue weighted by Crippen LogP contribution is 2.27. The first kappa shape index (κ1) is 20.0. The van der Waals surface area contributed by atoms with E-state index in [2.05, 4.69) is 0 Å². The molecule has 144 valence electrons. The van der Waals surface area contributed by atoms with E-state index in [1.54, 1.807) is 24.3 Å². The highest BCUT2D eigenvalue weighted by Gasteiger charge is 2.18. The molecule has 0 unspecified atom stereocenters. The van der Waals surface area contributed by atoms with Gasteiger partial charge in [-0.25, -0.2) is 4.79 Å². The Balaban J connectivity index is 1.82. The molecule has 0 heterocycles. The number of nitro benzene ring substituents is 1. The molecular formula is C19H21NO7. The van der Waals surface area contributed by atoms with Crippen LogP contribution in [0.4, 0.5) is 5.69 Å². The van der Waals surface area contributed by atoms with Crippen LogP contribution in [0.5, 0.6) is 17.2 Å². The van der Waals surface area contributed by atoms with E-state index in [-0.39, 0.29) is 30.2 Å². The molecule has 27 heavy (non-hydrogen) atoms. The zero-order chi connectivity index (χ0) is 19.6. The average Bonchev–Trinajstić information content (AvgIpc) is 2.69. The van der Waals surface area contributed by atoms with Gasteiger partial charge in [-0.15, -0.1) is 0 Å².